The molecule has 1 aromatic heterocycles. The molecule has 1 heterocycles. The maximum absolute atomic E-state index is 12.3. The molecule has 0 bridgehead atoms. The van der Waals surface area contributed by atoms with Crippen LogP contribution in [0.25, 0.3) is 10.9 Å². The summed E-state index contributed by atoms with van der Waals surface area (Å²) in [6, 6.07) is 6.65. The number of carbonyl (C=O) groups is 2. The summed E-state index contributed by atoms with van der Waals surface area (Å²) in [6.45, 7) is -0.335. The third-order valence-electron chi connectivity index (χ3n) is 2.47. The lowest BCUT2D eigenvalue weighted by molar-refractivity contribution is -0.133. The predicted octanol–water partition coefficient (Wildman–Crippen LogP) is 0.0585. The zero-order valence-electron chi connectivity index (χ0n) is 10.3. The number of carboxylic acid groups (broad SMARTS) is 1. The van der Waals surface area contributed by atoms with Gasteiger partial charge in [0.15, 0.2) is 5.16 Å². The van der Waals surface area contributed by atoms with Gasteiger partial charge in [-0.25, -0.2) is 4.98 Å². The predicted molar refractivity (Wildman–Crippen MR) is 73.6 cm³/mol. The number of aliphatic carboxylic acids is 1. The van der Waals surface area contributed by atoms with Gasteiger partial charge in [-0.3, -0.25) is 19.0 Å². The zero-order chi connectivity index (χ0) is 14.7. The number of carboxylic acids is 1. The SMILES string of the molecule is NC(=O)Cn1c(SCC(=O)O)nc2ccccc2c1=O. The lowest BCUT2D eigenvalue weighted by Crippen LogP contribution is -2.30. The van der Waals surface area contributed by atoms with Crippen LogP contribution >= 0.6 is 11.8 Å². The van der Waals surface area contributed by atoms with Crippen molar-refractivity contribution < 1.29 is 14.7 Å². The van der Waals surface area contributed by atoms with Crippen molar-refractivity contribution in [1.82, 2.24) is 9.55 Å². The molecule has 0 fully saturated rings. The highest BCUT2D eigenvalue weighted by atomic mass is 32.2. The quantitative estimate of drug-likeness (QED) is 0.595. The van der Waals surface area contributed by atoms with Gasteiger partial charge in [0.1, 0.15) is 6.54 Å². The zero-order valence-corrected chi connectivity index (χ0v) is 11.1. The van der Waals surface area contributed by atoms with E-state index in [9.17, 15) is 14.4 Å². The van der Waals surface area contributed by atoms with Crippen molar-refractivity contribution in [1.29, 1.82) is 0 Å². The first kappa shape index (κ1) is 14.1. The Morgan fingerprint density at radius 2 is 2.05 bits per heavy atom. The summed E-state index contributed by atoms with van der Waals surface area (Å²) in [4.78, 5) is 38.2. The highest BCUT2D eigenvalue weighted by Gasteiger charge is 2.14. The van der Waals surface area contributed by atoms with E-state index in [1.807, 2.05) is 0 Å². The smallest absolute Gasteiger partial charge is 0.313 e. The van der Waals surface area contributed by atoms with Crippen LogP contribution in [-0.4, -0.2) is 32.3 Å². The van der Waals surface area contributed by atoms with Crippen LogP contribution in [0, 0.1) is 0 Å². The molecule has 0 spiro atoms. The monoisotopic (exact) mass is 293 g/mol. The highest BCUT2D eigenvalue weighted by Crippen LogP contribution is 2.17. The molecule has 7 nitrogen and oxygen atoms in total. The number of nitrogens with zero attached hydrogens (tertiary/aromatic N) is 2. The second kappa shape index (κ2) is 5.74. The molecule has 2 aromatic rings. The van der Waals surface area contributed by atoms with Gasteiger partial charge in [0.2, 0.25) is 5.91 Å². The first-order chi connectivity index (χ1) is 9.49. The van der Waals surface area contributed by atoms with E-state index in [2.05, 4.69) is 4.98 Å². The molecule has 2 rings (SSSR count). The molecule has 104 valence electrons. The number of thioether (sulfide) groups is 1. The number of carbonyl (C=O) groups excluding carboxylic acids is 1. The van der Waals surface area contributed by atoms with E-state index in [0.29, 0.717) is 10.9 Å². The Kier molecular flexibility index (Phi) is 4.04. The fourth-order valence-corrected chi connectivity index (χ4v) is 2.40. The molecule has 0 saturated heterocycles. The van der Waals surface area contributed by atoms with Gasteiger partial charge in [0.05, 0.1) is 16.7 Å². The van der Waals surface area contributed by atoms with Crippen LogP contribution in [0.4, 0.5) is 0 Å². The van der Waals surface area contributed by atoms with Crippen molar-refractivity contribution in [2.45, 2.75) is 11.7 Å². The highest BCUT2D eigenvalue weighted by molar-refractivity contribution is 7.99. The molecular formula is C12H11N3O4S. The van der Waals surface area contributed by atoms with Gasteiger partial charge >= 0.3 is 5.97 Å². The Bertz CT molecular complexity index is 741. The van der Waals surface area contributed by atoms with Gasteiger partial charge in [-0.2, -0.15) is 0 Å². The summed E-state index contributed by atoms with van der Waals surface area (Å²) < 4.78 is 1.10. The summed E-state index contributed by atoms with van der Waals surface area (Å²) in [7, 11) is 0. The number of hydrogen-bond donors (Lipinski definition) is 2. The number of hydrogen-bond acceptors (Lipinski definition) is 5. The van der Waals surface area contributed by atoms with Crippen molar-refractivity contribution >= 4 is 34.5 Å². The first-order valence-corrected chi connectivity index (χ1v) is 6.60. The van der Waals surface area contributed by atoms with Crippen molar-refractivity contribution in [2.75, 3.05) is 5.75 Å². The lowest BCUT2D eigenvalue weighted by Gasteiger charge is -2.10. The molecule has 1 amide bonds. The minimum Gasteiger partial charge on any atom is -0.481 e. The minimum atomic E-state index is -1.04. The van der Waals surface area contributed by atoms with Gasteiger partial charge in [0.25, 0.3) is 5.56 Å². The number of rotatable bonds is 5. The van der Waals surface area contributed by atoms with Gasteiger partial charge < -0.3 is 10.8 Å². The molecule has 0 radical (unpaired) electrons. The van der Waals surface area contributed by atoms with Crippen molar-refractivity contribution in [3.63, 3.8) is 0 Å². The third-order valence-corrected chi connectivity index (χ3v) is 3.43. The van der Waals surface area contributed by atoms with Crippen LogP contribution < -0.4 is 11.3 Å². The molecule has 8 heteroatoms. The standard InChI is InChI=1S/C12H11N3O4S/c13-9(16)5-15-11(19)7-3-1-2-4-8(7)14-12(15)20-6-10(17)18/h1-4H,5-6H2,(H2,13,16)(H,17,18). The van der Waals surface area contributed by atoms with Crippen LogP contribution in [0.5, 0.6) is 0 Å². The number of benzene rings is 1. The second-order valence-corrected chi connectivity index (χ2v) is 4.89. The molecule has 0 aliphatic rings. The summed E-state index contributed by atoms with van der Waals surface area (Å²) in [6.07, 6.45) is 0. The average Bonchev–Trinajstić information content (AvgIpc) is 2.39. The lowest BCUT2D eigenvalue weighted by atomic mass is 10.2. The minimum absolute atomic E-state index is 0.162. The molecule has 0 aliphatic carbocycles. The van der Waals surface area contributed by atoms with E-state index in [1.165, 1.54) is 0 Å². The Morgan fingerprint density at radius 1 is 1.35 bits per heavy atom. The van der Waals surface area contributed by atoms with Crippen LogP contribution in [0.2, 0.25) is 0 Å². The van der Waals surface area contributed by atoms with E-state index in [0.717, 1.165) is 16.3 Å². The van der Waals surface area contributed by atoms with Gasteiger partial charge in [-0.1, -0.05) is 23.9 Å². The molecular weight excluding hydrogens is 282 g/mol. The number of fused-ring (bicyclic) bond motifs is 1. The van der Waals surface area contributed by atoms with Crippen molar-refractivity contribution in [3.05, 3.63) is 34.6 Å². The Morgan fingerprint density at radius 3 is 2.70 bits per heavy atom. The Hall–Kier alpha value is -2.35. The largest absolute Gasteiger partial charge is 0.481 e. The van der Waals surface area contributed by atoms with Crippen molar-refractivity contribution in [2.24, 2.45) is 5.73 Å². The first-order valence-electron chi connectivity index (χ1n) is 5.61. The van der Waals surface area contributed by atoms with E-state index in [4.69, 9.17) is 10.8 Å². The van der Waals surface area contributed by atoms with Crippen LogP contribution in [0.3, 0.4) is 0 Å². The van der Waals surface area contributed by atoms with E-state index in [1.54, 1.807) is 24.3 Å². The van der Waals surface area contributed by atoms with Gasteiger partial charge in [-0.05, 0) is 12.1 Å². The molecule has 3 N–H and O–H groups in total. The number of amides is 1. The second-order valence-electron chi connectivity index (χ2n) is 3.95. The van der Waals surface area contributed by atoms with Crippen LogP contribution in [0.15, 0.2) is 34.2 Å². The summed E-state index contributed by atoms with van der Waals surface area (Å²) in [5.41, 5.74) is 5.15. The Balaban J connectivity index is 2.59. The molecule has 1 aromatic carbocycles. The van der Waals surface area contributed by atoms with E-state index in [-0.39, 0.29) is 17.5 Å². The van der Waals surface area contributed by atoms with Crippen LogP contribution in [-0.2, 0) is 16.1 Å². The fourth-order valence-electron chi connectivity index (χ4n) is 1.68. The number of nitrogens with two attached hydrogens (primary N) is 1. The maximum atomic E-state index is 12.3. The van der Waals surface area contributed by atoms with E-state index < -0.39 is 17.4 Å². The molecule has 0 atom stereocenters. The molecule has 0 saturated carbocycles. The van der Waals surface area contributed by atoms with Crippen molar-refractivity contribution in [3.8, 4) is 0 Å². The molecule has 0 aliphatic heterocycles. The molecule has 0 unspecified atom stereocenters. The van der Waals surface area contributed by atoms with E-state index >= 15 is 0 Å². The Labute approximate surface area is 117 Å². The molecule has 20 heavy (non-hydrogen) atoms. The van der Waals surface area contributed by atoms with Gasteiger partial charge in [0, 0.05) is 0 Å². The maximum Gasteiger partial charge on any atom is 0.313 e. The summed E-state index contributed by atoms with van der Waals surface area (Å²) >= 11 is 0.871. The van der Waals surface area contributed by atoms with Crippen LogP contribution in [0.1, 0.15) is 0 Å². The summed E-state index contributed by atoms with van der Waals surface area (Å²) in [5, 5.41) is 9.22. The normalized spacial score (nSPS) is 10.6. The number of aromatic nitrogens is 2. The topological polar surface area (TPSA) is 115 Å². The summed E-state index contributed by atoms with van der Waals surface area (Å²) in [5.74, 6) is -1.99. The third kappa shape index (κ3) is 2.97. The van der Waals surface area contributed by atoms with Gasteiger partial charge in [-0.15, -0.1) is 0 Å². The average molecular weight is 293 g/mol. The number of para-hydroxylation sites is 1. The fraction of sp³-hybridized carbons (Fsp3) is 0.167. The number of primary amides is 1.